The van der Waals surface area contributed by atoms with E-state index in [0.29, 0.717) is 19.4 Å². The van der Waals surface area contributed by atoms with Crippen molar-refractivity contribution in [1.82, 2.24) is 0 Å². The van der Waals surface area contributed by atoms with Gasteiger partial charge in [0.15, 0.2) is 5.78 Å². The van der Waals surface area contributed by atoms with Crippen molar-refractivity contribution < 1.29 is 19.4 Å². The van der Waals surface area contributed by atoms with Crippen molar-refractivity contribution in [3.8, 4) is 5.75 Å². The van der Waals surface area contributed by atoms with Gasteiger partial charge in [0.25, 0.3) is 0 Å². The fraction of sp³-hybridized carbons (Fsp3) is 0.500. The minimum atomic E-state index is -0.745. The number of carboxylic acids is 1. The van der Waals surface area contributed by atoms with Gasteiger partial charge in [0, 0.05) is 18.4 Å². The maximum Gasteiger partial charge on any atom is 0.303 e. The number of carbonyl (C=O) groups is 2. The summed E-state index contributed by atoms with van der Waals surface area (Å²) < 4.78 is 5.66. The van der Waals surface area contributed by atoms with E-state index in [1.807, 2.05) is 18.2 Å². The summed E-state index contributed by atoms with van der Waals surface area (Å²) in [6.07, 6.45) is 5.13. The average Bonchev–Trinajstić information content (AvgIpc) is 2.42. The molecule has 1 N–H and O–H groups in total. The first kappa shape index (κ1) is 14.6. The van der Waals surface area contributed by atoms with E-state index in [1.165, 1.54) is 0 Å². The normalized spacial score (nSPS) is 13.9. The minimum Gasteiger partial charge on any atom is -0.494 e. The number of Topliss-reactive ketones (excluding diaryl/α,β-unsaturated/α-hetero) is 1. The predicted molar refractivity (Wildman–Crippen MR) is 75.3 cm³/mol. The van der Waals surface area contributed by atoms with Gasteiger partial charge in [0.1, 0.15) is 5.75 Å². The highest BCUT2D eigenvalue weighted by Crippen LogP contribution is 2.25. The number of ether oxygens (including phenoxy) is 1. The van der Waals surface area contributed by atoms with Gasteiger partial charge in [0.2, 0.25) is 0 Å². The number of benzene rings is 1. The molecule has 0 heterocycles. The van der Waals surface area contributed by atoms with E-state index in [4.69, 9.17) is 9.84 Å². The first-order valence-electron chi connectivity index (χ1n) is 7.17. The Hall–Kier alpha value is -1.84. The third-order valence-electron chi connectivity index (χ3n) is 3.53. The lowest BCUT2D eigenvalue weighted by molar-refractivity contribution is -0.137. The van der Waals surface area contributed by atoms with Crippen molar-refractivity contribution in [1.29, 1.82) is 0 Å². The highest BCUT2D eigenvalue weighted by Gasteiger charge is 2.17. The summed E-state index contributed by atoms with van der Waals surface area (Å²) in [6.45, 7) is 0.590. The largest absolute Gasteiger partial charge is 0.494 e. The van der Waals surface area contributed by atoms with E-state index in [9.17, 15) is 9.59 Å². The number of carbonyl (C=O) groups excluding carboxylic acids is 1. The molecular weight excluding hydrogens is 256 g/mol. The van der Waals surface area contributed by atoms with E-state index >= 15 is 0 Å². The number of aryl methyl sites for hydroxylation is 1. The Bertz CT molecular complexity index is 493. The Kier molecular flexibility index (Phi) is 5.16. The zero-order valence-electron chi connectivity index (χ0n) is 11.6. The van der Waals surface area contributed by atoms with Crippen LogP contribution in [0.5, 0.6) is 5.75 Å². The monoisotopic (exact) mass is 276 g/mol. The Morgan fingerprint density at radius 2 is 2.05 bits per heavy atom. The maximum absolute atomic E-state index is 11.7. The highest BCUT2D eigenvalue weighted by atomic mass is 16.5. The molecule has 4 heteroatoms. The average molecular weight is 276 g/mol. The molecule has 4 nitrogen and oxygen atoms in total. The quantitative estimate of drug-likeness (QED) is 0.777. The zero-order chi connectivity index (χ0) is 14.4. The molecule has 1 aliphatic carbocycles. The third-order valence-corrected chi connectivity index (χ3v) is 3.53. The highest BCUT2D eigenvalue weighted by molar-refractivity contribution is 5.98. The van der Waals surface area contributed by atoms with E-state index in [0.717, 1.165) is 42.6 Å². The lowest BCUT2D eigenvalue weighted by Gasteiger charge is -2.16. The van der Waals surface area contributed by atoms with Crippen LogP contribution in [-0.2, 0) is 11.2 Å². The van der Waals surface area contributed by atoms with E-state index in [-0.39, 0.29) is 12.2 Å². The molecule has 0 aromatic heterocycles. The molecular formula is C16H20O4. The van der Waals surface area contributed by atoms with Crippen LogP contribution in [0, 0.1) is 0 Å². The number of unbranched alkanes of at least 4 members (excludes halogenated alkanes) is 2. The summed E-state index contributed by atoms with van der Waals surface area (Å²) >= 11 is 0. The zero-order valence-corrected chi connectivity index (χ0v) is 11.6. The minimum absolute atomic E-state index is 0.223. The van der Waals surface area contributed by atoms with Crippen molar-refractivity contribution in [2.45, 2.75) is 44.9 Å². The topological polar surface area (TPSA) is 63.6 Å². The Labute approximate surface area is 118 Å². The van der Waals surface area contributed by atoms with Crippen molar-refractivity contribution >= 4 is 11.8 Å². The molecule has 0 atom stereocenters. The van der Waals surface area contributed by atoms with Gasteiger partial charge in [-0.1, -0.05) is 0 Å². The van der Waals surface area contributed by atoms with Crippen molar-refractivity contribution in [2.75, 3.05) is 6.61 Å². The lowest BCUT2D eigenvalue weighted by atomic mass is 9.90. The number of hydrogen-bond acceptors (Lipinski definition) is 3. The van der Waals surface area contributed by atoms with Crippen LogP contribution in [0.1, 0.15) is 54.4 Å². The molecule has 0 saturated heterocycles. The van der Waals surface area contributed by atoms with Gasteiger partial charge in [-0.15, -0.1) is 0 Å². The number of fused-ring (bicyclic) bond motifs is 1. The fourth-order valence-corrected chi connectivity index (χ4v) is 2.46. The summed E-state index contributed by atoms with van der Waals surface area (Å²) in [6, 6.07) is 5.67. The predicted octanol–water partition coefficient (Wildman–Crippen LogP) is 3.23. The van der Waals surface area contributed by atoms with Crippen LogP contribution in [-0.4, -0.2) is 23.5 Å². The molecule has 108 valence electrons. The molecule has 0 radical (unpaired) electrons. The molecule has 0 aliphatic heterocycles. The van der Waals surface area contributed by atoms with Gasteiger partial charge in [-0.05, 0) is 55.9 Å². The standard InChI is InChI=1S/C16H20O4/c17-15-6-4-5-12-11-13(8-9-14(12)15)20-10-3-1-2-7-16(18)19/h8-9,11H,1-7,10H2,(H,18,19). The number of ketones is 1. The molecule has 1 aromatic rings. The van der Waals surface area contributed by atoms with Gasteiger partial charge in [-0.3, -0.25) is 9.59 Å². The Balaban J connectivity index is 1.76. The number of aliphatic carboxylic acids is 1. The molecule has 1 aliphatic rings. The summed E-state index contributed by atoms with van der Waals surface area (Å²) in [5, 5.41) is 8.52. The van der Waals surface area contributed by atoms with Gasteiger partial charge in [0.05, 0.1) is 6.61 Å². The van der Waals surface area contributed by atoms with E-state index in [2.05, 4.69) is 0 Å². The SMILES string of the molecule is O=C(O)CCCCCOc1ccc2c(c1)CCCC2=O. The molecule has 2 rings (SSSR count). The Morgan fingerprint density at radius 3 is 2.85 bits per heavy atom. The molecule has 0 saturated carbocycles. The van der Waals surface area contributed by atoms with Crippen LogP contribution in [0.15, 0.2) is 18.2 Å². The van der Waals surface area contributed by atoms with Crippen molar-refractivity contribution in [2.24, 2.45) is 0 Å². The van der Waals surface area contributed by atoms with Crippen LogP contribution < -0.4 is 4.74 Å². The summed E-state index contributed by atoms with van der Waals surface area (Å²) in [7, 11) is 0. The third kappa shape index (κ3) is 4.08. The van der Waals surface area contributed by atoms with Crippen LogP contribution in [0.25, 0.3) is 0 Å². The van der Waals surface area contributed by atoms with E-state index in [1.54, 1.807) is 0 Å². The number of carboxylic acid groups (broad SMARTS) is 1. The van der Waals surface area contributed by atoms with Gasteiger partial charge >= 0.3 is 5.97 Å². The number of hydrogen-bond donors (Lipinski definition) is 1. The van der Waals surface area contributed by atoms with E-state index < -0.39 is 5.97 Å². The Morgan fingerprint density at radius 1 is 1.20 bits per heavy atom. The molecule has 1 aromatic carbocycles. The maximum atomic E-state index is 11.7. The van der Waals surface area contributed by atoms with Gasteiger partial charge in [-0.2, -0.15) is 0 Å². The molecule has 20 heavy (non-hydrogen) atoms. The molecule has 0 amide bonds. The van der Waals surface area contributed by atoms with Gasteiger partial charge < -0.3 is 9.84 Å². The van der Waals surface area contributed by atoms with Gasteiger partial charge in [-0.25, -0.2) is 0 Å². The molecule has 0 unspecified atom stereocenters. The lowest BCUT2D eigenvalue weighted by Crippen LogP contribution is -2.10. The fourth-order valence-electron chi connectivity index (χ4n) is 2.46. The first-order chi connectivity index (χ1) is 9.66. The smallest absolute Gasteiger partial charge is 0.303 e. The second-order valence-electron chi connectivity index (χ2n) is 5.15. The molecule has 0 bridgehead atoms. The van der Waals surface area contributed by atoms with Crippen molar-refractivity contribution in [3.05, 3.63) is 29.3 Å². The second kappa shape index (κ2) is 7.08. The van der Waals surface area contributed by atoms with Crippen LogP contribution in [0.2, 0.25) is 0 Å². The van der Waals surface area contributed by atoms with Crippen LogP contribution in [0.4, 0.5) is 0 Å². The summed E-state index contributed by atoms with van der Waals surface area (Å²) in [4.78, 5) is 22.1. The molecule has 0 fully saturated rings. The van der Waals surface area contributed by atoms with Crippen LogP contribution >= 0.6 is 0 Å². The van der Waals surface area contributed by atoms with Crippen molar-refractivity contribution in [3.63, 3.8) is 0 Å². The van der Waals surface area contributed by atoms with Crippen LogP contribution in [0.3, 0.4) is 0 Å². The number of rotatable bonds is 7. The summed E-state index contributed by atoms with van der Waals surface area (Å²) in [5.74, 6) is 0.286. The second-order valence-corrected chi connectivity index (χ2v) is 5.15. The molecule has 0 spiro atoms. The first-order valence-corrected chi connectivity index (χ1v) is 7.17. The summed E-state index contributed by atoms with van der Waals surface area (Å²) in [5.41, 5.74) is 1.93.